The molecule has 1 aromatic heterocycles. The summed E-state index contributed by atoms with van der Waals surface area (Å²) in [6, 6.07) is 13.4. The molecule has 0 spiro atoms. The number of carbonyl (C=O) groups excluding carboxylic acids is 2. The number of anilines is 1. The third kappa shape index (κ3) is 5.62. The quantitative estimate of drug-likeness (QED) is 0.262. The lowest BCUT2D eigenvalue weighted by Crippen LogP contribution is -2.37. The Balaban J connectivity index is 1.15. The Hall–Kier alpha value is -2.46. The highest BCUT2D eigenvalue weighted by atomic mass is 127. The lowest BCUT2D eigenvalue weighted by atomic mass is 9.89. The van der Waals surface area contributed by atoms with Gasteiger partial charge in [-0.2, -0.15) is 0 Å². The molecule has 1 saturated heterocycles. The van der Waals surface area contributed by atoms with E-state index in [1.807, 2.05) is 36.4 Å². The average molecular weight is 532 g/mol. The van der Waals surface area contributed by atoms with Gasteiger partial charge < -0.3 is 14.6 Å². The maximum Gasteiger partial charge on any atom is 0.411 e. The monoisotopic (exact) mass is 532 g/mol. The minimum Gasteiger partial charge on any atom is -0.449 e. The van der Waals surface area contributed by atoms with Crippen molar-refractivity contribution in [1.82, 2.24) is 14.9 Å². The number of fused-ring (bicyclic) bond motifs is 1. The minimum atomic E-state index is -0.475. The maximum absolute atomic E-state index is 12.7. The van der Waals surface area contributed by atoms with Crippen LogP contribution in [0, 0.1) is 9.49 Å². The fourth-order valence-corrected chi connectivity index (χ4v) is 4.29. The van der Waals surface area contributed by atoms with Crippen LogP contribution in [0.1, 0.15) is 29.6 Å². The normalized spacial score (nSPS) is 15.1. The first-order valence-electron chi connectivity index (χ1n) is 10.5. The largest absolute Gasteiger partial charge is 0.449 e. The number of benzene rings is 2. The third-order valence-electron chi connectivity index (χ3n) is 5.63. The molecular formula is C23H25IN4O3. The number of nitrogens with one attached hydrogen (secondary N) is 2. The van der Waals surface area contributed by atoms with E-state index in [9.17, 15) is 9.59 Å². The fraction of sp³-hybridized carbons (Fsp3) is 0.348. The van der Waals surface area contributed by atoms with Crippen molar-refractivity contribution in [1.29, 1.82) is 0 Å². The molecule has 2 heterocycles. The molecule has 0 bridgehead atoms. The van der Waals surface area contributed by atoms with E-state index in [-0.39, 0.29) is 11.7 Å². The molecule has 1 fully saturated rings. The highest BCUT2D eigenvalue weighted by Crippen LogP contribution is 2.23. The minimum absolute atomic E-state index is 0.100. The maximum atomic E-state index is 12.7. The molecule has 7 nitrogen and oxygen atoms in total. The number of ketones is 1. The van der Waals surface area contributed by atoms with Crippen molar-refractivity contribution in [3.05, 3.63) is 57.9 Å². The van der Waals surface area contributed by atoms with E-state index in [4.69, 9.17) is 4.74 Å². The van der Waals surface area contributed by atoms with Gasteiger partial charge in [-0.25, -0.2) is 9.78 Å². The van der Waals surface area contributed by atoms with E-state index < -0.39 is 6.09 Å². The van der Waals surface area contributed by atoms with Crippen LogP contribution in [0.4, 0.5) is 10.5 Å². The Labute approximate surface area is 194 Å². The lowest BCUT2D eigenvalue weighted by molar-refractivity contribution is 0.0830. The van der Waals surface area contributed by atoms with E-state index in [2.05, 4.69) is 42.8 Å². The molecule has 1 amide bonds. The van der Waals surface area contributed by atoms with Gasteiger partial charge in [0.15, 0.2) is 5.78 Å². The molecule has 1 aliphatic rings. The number of rotatable bonds is 7. The van der Waals surface area contributed by atoms with E-state index in [0.717, 1.165) is 53.5 Å². The average Bonchev–Trinajstić information content (AvgIpc) is 3.27. The molecular weight excluding hydrogens is 507 g/mol. The Morgan fingerprint density at radius 3 is 2.71 bits per heavy atom. The summed E-state index contributed by atoms with van der Waals surface area (Å²) in [5.41, 5.74) is 3.01. The van der Waals surface area contributed by atoms with Gasteiger partial charge in [-0.3, -0.25) is 10.1 Å². The van der Waals surface area contributed by atoms with Gasteiger partial charge in [-0.05, 0) is 79.2 Å². The Morgan fingerprint density at radius 2 is 1.94 bits per heavy atom. The van der Waals surface area contributed by atoms with Gasteiger partial charge in [0, 0.05) is 21.6 Å². The van der Waals surface area contributed by atoms with E-state index in [1.54, 1.807) is 12.4 Å². The number of H-pyrrole nitrogens is 1. The zero-order valence-electron chi connectivity index (χ0n) is 17.1. The van der Waals surface area contributed by atoms with Crippen LogP contribution in [0.3, 0.4) is 0 Å². The number of amides is 1. The second kappa shape index (κ2) is 10.2. The van der Waals surface area contributed by atoms with Crippen LogP contribution < -0.4 is 5.32 Å². The number of piperidine rings is 1. The summed E-state index contributed by atoms with van der Waals surface area (Å²) < 4.78 is 6.46. The highest BCUT2D eigenvalue weighted by molar-refractivity contribution is 14.1. The van der Waals surface area contributed by atoms with Crippen molar-refractivity contribution in [3.8, 4) is 0 Å². The van der Waals surface area contributed by atoms with Gasteiger partial charge in [0.05, 0.1) is 24.1 Å². The second-order valence-electron chi connectivity index (χ2n) is 7.71. The number of halogens is 1. The van der Waals surface area contributed by atoms with Crippen molar-refractivity contribution < 1.29 is 14.3 Å². The predicted octanol–water partition coefficient (Wildman–Crippen LogP) is 4.70. The number of hydrogen-bond donors (Lipinski definition) is 2. The van der Waals surface area contributed by atoms with E-state index in [1.165, 1.54) is 0 Å². The Morgan fingerprint density at radius 1 is 1.16 bits per heavy atom. The third-order valence-corrected chi connectivity index (χ3v) is 6.34. The molecule has 3 aromatic rings. The van der Waals surface area contributed by atoms with Crippen molar-refractivity contribution in [3.63, 3.8) is 0 Å². The smallest absolute Gasteiger partial charge is 0.411 e. The van der Waals surface area contributed by atoms with Gasteiger partial charge in [0.2, 0.25) is 0 Å². The zero-order valence-corrected chi connectivity index (χ0v) is 19.3. The fourth-order valence-electron chi connectivity index (χ4n) is 3.93. The summed E-state index contributed by atoms with van der Waals surface area (Å²) in [6.07, 6.45) is 3.63. The number of likely N-dealkylation sites (tertiary alicyclic amines) is 1. The molecule has 31 heavy (non-hydrogen) atoms. The molecule has 0 unspecified atom stereocenters. The summed E-state index contributed by atoms with van der Waals surface area (Å²) >= 11 is 2.25. The standard InChI is InChI=1S/C23H25IN4O3/c24-18-7-5-16(6-8-18)22(29)17-9-12-28(13-10-17)11-2-14-31-23(30)27-20-4-1-3-19-21(20)26-15-25-19/h1,3-8,15,17H,2,9-14H2,(H,25,26)(H,27,30). The second-order valence-corrected chi connectivity index (χ2v) is 8.95. The SMILES string of the molecule is O=C(Nc1cccc2[nH]cnc12)OCCCN1CCC(C(=O)c2ccc(I)cc2)CC1. The van der Waals surface area contributed by atoms with Crippen LogP contribution >= 0.6 is 22.6 Å². The van der Waals surface area contributed by atoms with Crippen LogP contribution in [-0.2, 0) is 4.74 Å². The molecule has 4 rings (SSSR count). The van der Waals surface area contributed by atoms with Crippen molar-refractivity contribution >= 4 is 51.2 Å². The van der Waals surface area contributed by atoms with Crippen LogP contribution in [0.15, 0.2) is 48.8 Å². The summed E-state index contributed by atoms with van der Waals surface area (Å²) in [5, 5.41) is 2.75. The summed E-state index contributed by atoms with van der Waals surface area (Å²) in [6.45, 7) is 3.00. The number of aromatic amines is 1. The predicted molar refractivity (Wildman–Crippen MR) is 128 cm³/mol. The van der Waals surface area contributed by atoms with Crippen LogP contribution in [0.25, 0.3) is 11.0 Å². The number of imidazole rings is 1. The molecule has 1 aliphatic heterocycles. The lowest BCUT2D eigenvalue weighted by Gasteiger charge is -2.31. The first-order valence-corrected chi connectivity index (χ1v) is 11.6. The van der Waals surface area contributed by atoms with E-state index >= 15 is 0 Å². The van der Waals surface area contributed by atoms with Gasteiger partial charge in [-0.15, -0.1) is 0 Å². The molecule has 0 radical (unpaired) electrons. The number of para-hydroxylation sites is 1. The molecule has 162 valence electrons. The van der Waals surface area contributed by atoms with Crippen LogP contribution in [0.2, 0.25) is 0 Å². The van der Waals surface area contributed by atoms with Crippen molar-refractivity contribution in [2.45, 2.75) is 19.3 Å². The Bertz CT molecular complexity index is 1040. The highest BCUT2D eigenvalue weighted by Gasteiger charge is 2.25. The van der Waals surface area contributed by atoms with Gasteiger partial charge >= 0.3 is 6.09 Å². The van der Waals surface area contributed by atoms with E-state index in [0.29, 0.717) is 17.8 Å². The summed E-state index contributed by atoms with van der Waals surface area (Å²) in [7, 11) is 0. The van der Waals surface area contributed by atoms with Crippen molar-refractivity contribution in [2.75, 3.05) is 31.6 Å². The molecule has 2 aromatic carbocycles. The first-order chi connectivity index (χ1) is 15.1. The number of nitrogens with zero attached hydrogens (tertiary/aromatic N) is 2. The van der Waals surface area contributed by atoms with Gasteiger partial charge in [-0.1, -0.05) is 18.2 Å². The topological polar surface area (TPSA) is 87.3 Å². The summed E-state index contributed by atoms with van der Waals surface area (Å²) in [5.74, 6) is 0.353. The summed E-state index contributed by atoms with van der Waals surface area (Å²) in [4.78, 5) is 34.3. The number of ether oxygens (including phenoxy) is 1. The molecule has 0 atom stereocenters. The number of Topliss-reactive ketones (excluding diaryl/α,β-unsaturated/α-hetero) is 1. The number of aromatic nitrogens is 2. The number of hydrogen-bond acceptors (Lipinski definition) is 5. The molecule has 8 heteroatoms. The Kier molecular flexibility index (Phi) is 7.18. The number of carbonyl (C=O) groups is 2. The van der Waals surface area contributed by atoms with Crippen molar-refractivity contribution in [2.24, 2.45) is 5.92 Å². The molecule has 2 N–H and O–H groups in total. The van der Waals surface area contributed by atoms with Gasteiger partial charge in [0.25, 0.3) is 0 Å². The van der Waals surface area contributed by atoms with Crippen LogP contribution in [-0.4, -0.2) is 53.0 Å². The first kappa shape index (κ1) is 21.8. The van der Waals surface area contributed by atoms with Gasteiger partial charge in [0.1, 0.15) is 5.52 Å². The molecule has 0 saturated carbocycles. The van der Waals surface area contributed by atoms with Crippen LogP contribution in [0.5, 0.6) is 0 Å². The molecule has 0 aliphatic carbocycles. The zero-order chi connectivity index (χ0) is 21.6.